The van der Waals surface area contributed by atoms with Gasteiger partial charge in [-0.3, -0.25) is 9.48 Å². The van der Waals surface area contributed by atoms with E-state index in [9.17, 15) is 4.79 Å². The number of rotatable bonds is 2. The van der Waals surface area contributed by atoms with Crippen LogP contribution in [0.15, 0.2) is 11.6 Å². The molecule has 5 atom stereocenters. The fourth-order valence-corrected chi connectivity index (χ4v) is 5.18. The average Bonchev–Trinajstić information content (AvgIpc) is 2.86. The first kappa shape index (κ1) is 14.3. The van der Waals surface area contributed by atoms with Gasteiger partial charge in [-0.05, 0) is 55.4 Å². The van der Waals surface area contributed by atoms with Crippen molar-refractivity contribution < 1.29 is 4.79 Å². The van der Waals surface area contributed by atoms with E-state index < -0.39 is 0 Å². The zero-order valence-electron chi connectivity index (χ0n) is 13.3. The molecule has 2 bridgehead atoms. The zero-order chi connectivity index (χ0) is 15.6. The molecule has 1 heterocycles. The van der Waals surface area contributed by atoms with Crippen LogP contribution in [0.25, 0.3) is 0 Å². The molecule has 0 spiro atoms. The molecule has 3 aliphatic carbocycles. The fourth-order valence-electron chi connectivity index (χ4n) is 4.92. The fraction of sp³-hybridized carbons (Fsp3) is 0.647. The summed E-state index contributed by atoms with van der Waals surface area (Å²) in [5, 5.41) is 7.88. The van der Waals surface area contributed by atoms with E-state index >= 15 is 0 Å². The van der Waals surface area contributed by atoms with E-state index in [2.05, 4.69) is 23.4 Å². The van der Waals surface area contributed by atoms with Crippen molar-refractivity contribution in [3.05, 3.63) is 28.1 Å². The summed E-state index contributed by atoms with van der Waals surface area (Å²) in [6.45, 7) is 4.12. The molecule has 0 aliphatic heterocycles. The Balaban J connectivity index is 1.58. The number of halogens is 1. The molecule has 4 nitrogen and oxygen atoms in total. The third-order valence-corrected chi connectivity index (χ3v) is 6.21. The Morgan fingerprint density at radius 3 is 2.86 bits per heavy atom. The molecule has 0 radical (unpaired) electrons. The molecule has 2 saturated carbocycles. The number of amides is 1. The van der Waals surface area contributed by atoms with Crippen molar-refractivity contribution in [1.82, 2.24) is 15.1 Å². The third-order valence-electron chi connectivity index (χ3n) is 5.77. The van der Waals surface area contributed by atoms with Crippen LogP contribution in [0.3, 0.4) is 0 Å². The molecule has 3 aliphatic rings. The second kappa shape index (κ2) is 4.85. The highest BCUT2D eigenvalue weighted by molar-refractivity contribution is 6.33. The van der Waals surface area contributed by atoms with Crippen LogP contribution in [0.5, 0.6) is 0 Å². The minimum absolute atomic E-state index is 0.0818. The van der Waals surface area contributed by atoms with Crippen molar-refractivity contribution in [1.29, 1.82) is 0 Å². The van der Waals surface area contributed by atoms with Gasteiger partial charge in [-0.25, -0.2) is 0 Å². The van der Waals surface area contributed by atoms with Gasteiger partial charge in [-0.2, -0.15) is 5.10 Å². The summed E-state index contributed by atoms with van der Waals surface area (Å²) >= 11 is 6.22. The lowest BCUT2D eigenvalue weighted by atomic mass is 9.65. The van der Waals surface area contributed by atoms with Gasteiger partial charge in [-0.1, -0.05) is 24.6 Å². The molecule has 22 heavy (non-hydrogen) atoms. The Morgan fingerprint density at radius 2 is 2.18 bits per heavy atom. The van der Waals surface area contributed by atoms with Gasteiger partial charge in [0.05, 0.1) is 17.3 Å². The van der Waals surface area contributed by atoms with Gasteiger partial charge >= 0.3 is 0 Å². The Labute approximate surface area is 135 Å². The number of aromatic nitrogens is 2. The summed E-state index contributed by atoms with van der Waals surface area (Å²) < 4.78 is 1.56. The Bertz CT molecular complexity index is 678. The molecule has 5 unspecified atom stereocenters. The molecule has 0 saturated heterocycles. The Kier molecular flexibility index (Phi) is 3.16. The quantitative estimate of drug-likeness (QED) is 0.851. The number of carbonyl (C=O) groups is 1. The first-order chi connectivity index (χ1) is 10.5. The lowest BCUT2D eigenvalue weighted by Crippen LogP contribution is -2.53. The van der Waals surface area contributed by atoms with Crippen LogP contribution in [0.2, 0.25) is 5.15 Å². The van der Waals surface area contributed by atoms with Crippen molar-refractivity contribution in [2.24, 2.45) is 30.7 Å². The molecular weight excluding hydrogens is 298 g/mol. The summed E-state index contributed by atoms with van der Waals surface area (Å²) in [7, 11) is 1.76. The number of hydrogen-bond acceptors (Lipinski definition) is 2. The van der Waals surface area contributed by atoms with Gasteiger partial charge in [0.2, 0.25) is 0 Å². The number of nitrogens with zero attached hydrogens (tertiary/aromatic N) is 2. The van der Waals surface area contributed by atoms with Crippen LogP contribution in [-0.4, -0.2) is 21.7 Å². The molecule has 1 amide bonds. The van der Waals surface area contributed by atoms with E-state index in [-0.39, 0.29) is 11.9 Å². The monoisotopic (exact) mass is 319 g/mol. The maximum absolute atomic E-state index is 12.7. The van der Waals surface area contributed by atoms with Gasteiger partial charge in [0.25, 0.3) is 5.91 Å². The van der Waals surface area contributed by atoms with Gasteiger partial charge in [0.15, 0.2) is 0 Å². The van der Waals surface area contributed by atoms with E-state index in [0.29, 0.717) is 34.2 Å². The molecular formula is C17H22ClN3O. The SMILES string of the molecule is Cc1nn(C)c(Cl)c1C(=O)NC1C2=CC(C)CC3CC2C1C3. The molecule has 1 aromatic rings. The van der Waals surface area contributed by atoms with Crippen LogP contribution in [0, 0.1) is 30.6 Å². The zero-order valence-corrected chi connectivity index (χ0v) is 14.0. The van der Waals surface area contributed by atoms with E-state index in [4.69, 9.17) is 11.6 Å². The van der Waals surface area contributed by atoms with Crippen LogP contribution in [0.1, 0.15) is 42.2 Å². The van der Waals surface area contributed by atoms with Gasteiger partial charge in [-0.15, -0.1) is 0 Å². The smallest absolute Gasteiger partial charge is 0.256 e. The molecule has 118 valence electrons. The topological polar surface area (TPSA) is 46.9 Å². The highest BCUT2D eigenvalue weighted by atomic mass is 35.5. The summed E-state index contributed by atoms with van der Waals surface area (Å²) in [5.74, 6) is 2.73. The van der Waals surface area contributed by atoms with Crippen LogP contribution in [0.4, 0.5) is 0 Å². The molecule has 0 aromatic carbocycles. The van der Waals surface area contributed by atoms with Gasteiger partial charge in [0, 0.05) is 7.05 Å². The van der Waals surface area contributed by atoms with Crippen LogP contribution in [-0.2, 0) is 7.05 Å². The normalized spacial score (nSPS) is 35.6. The Morgan fingerprint density at radius 1 is 1.41 bits per heavy atom. The highest BCUT2D eigenvalue weighted by Crippen LogP contribution is 2.57. The molecule has 4 rings (SSSR count). The van der Waals surface area contributed by atoms with Crippen molar-refractivity contribution in [2.75, 3.05) is 0 Å². The van der Waals surface area contributed by atoms with Crippen molar-refractivity contribution >= 4 is 17.5 Å². The minimum Gasteiger partial charge on any atom is -0.345 e. The summed E-state index contributed by atoms with van der Waals surface area (Å²) in [6.07, 6.45) is 6.30. The summed E-state index contributed by atoms with van der Waals surface area (Å²) in [4.78, 5) is 12.7. The van der Waals surface area contributed by atoms with Crippen molar-refractivity contribution in [2.45, 2.75) is 39.2 Å². The number of carbonyl (C=O) groups excluding carboxylic acids is 1. The average molecular weight is 320 g/mol. The molecule has 2 fully saturated rings. The predicted molar refractivity (Wildman–Crippen MR) is 85.8 cm³/mol. The van der Waals surface area contributed by atoms with E-state index in [1.165, 1.54) is 24.8 Å². The number of aryl methyl sites for hydroxylation is 2. The van der Waals surface area contributed by atoms with E-state index in [1.807, 2.05) is 6.92 Å². The number of hydrogen-bond donors (Lipinski definition) is 1. The molecule has 1 aromatic heterocycles. The predicted octanol–water partition coefficient (Wildman–Crippen LogP) is 3.10. The van der Waals surface area contributed by atoms with Crippen molar-refractivity contribution in [3.8, 4) is 0 Å². The number of nitrogens with one attached hydrogen (secondary N) is 1. The standard InChI is InChI=1S/C17H22ClN3O/c1-8-4-10-6-11-12(5-8)15(13(11)7-10)19-17(22)14-9(2)20-21(3)16(14)18/h5,8,10-11,13,15H,4,6-7H2,1-3H3,(H,19,22). The van der Waals surface area contributed by atoms with Crippen LogP contribution >= 0.6 is 11.6 Å². The maximum atomic E-state index is 12.7. The lowest BCUT2D eigenvalue weighted by Gasteiger charge is -2.45. The molecule has 1 N–H and O–H groups in total. The minimum atomic E-state index is -0.0818. The first-order valence-electron chi connectivity index (χ1n) is 8.17. The second-order valence-electron chi connectivity index (χ2n) is 7.31. The van der Waals surface area contributed by atoms with Gasteiger partial charge < -0.3 is 5.32 Å². The first-order valence-corrected chi connectivity index (χ1v) is 8.55. The highest BCUT2D eigenvalue weighted by Gasteiger charge is 2.53. The second-order valence-corrected chi connectivity index (χ2v) is 7.67. The summed E-state index contributed by atoms with van der Waals surface area (Å²) in [5.41, 5.74) is 2.67. The van der Waals surface area contributed by atoms with Gasteiger partial charge in [0.1, 0.15) is 5.15 Å². The Hall–Kier alpha value is -1.29. The van der Waals surface area contributed by atoms with E-state index in [1.54, 1.807) is 11.7 Å². The summed E-state index contributed by atoms with van der Waals surface area (Å²) in [6, 6.07) is 0.209. The van der Waals surface area contributed by atoms with E-state index in [0.717, 1.165) is 5.92 Å². The number of allylic oxidation sites excluding steroid dienone is 1. The van der Waals surface area contributed by atoms with Crippen LogP contribution < -0.4 is 5.32 Å². The molecule has 5 heteroatoms. The maximum Gasteiger partial charge on any atom is 0.256 e. The largest absolute Gasteiger partial charge is 0.345 e. The third kappa shape index (κ3) is 1.96. The lowest BCUT2D eigenvalue weighted by molar-refractivity contribution is 0.0893. The van der Waals surface area contributed by atoms with Crippen molar-refractivity contribution in [3.63, 3.8) is 0 Å². The number of fused-ring (bicyclic) bond motifs is 1.